The lowest BCUT2D eigenvalue weighted by atomic mass is 9.91. The summed E-state index contributed by atoms with van der Waals surface area (Å²) in [7, 11) is 4.12. The van der Waals surface area contributed by atoms with Gasteiger partial charge in [0.2, 0.25) is 5.95 Å². The zero-order chi connectivity index (χ0) is 24.2. The maximum atomic E-state index is 12.8. The first-order valence-electron chi connectivity index (χ1n) is 12.8. The molecule has 3 N–H and O–H groups in total. The largest absolute Gasteiger partial charge is 0.362 e. The number of carbonyl (C=O) groups excluding carboxylic acids is 1. The summed E-state index contributed by atoms with van der Waals surface area (Å²) in [6.07, 6.45) is 8.41. The third-order valence-electron chi connectivity index (χ3n) is 7.15. The van der Waals surface area contributed by atoms with Gasteiger partial charge in [0.25, 0.3) is 0 Å². The molecule has 2 aliphatic rings. The fourth-order valence-corrected chi connectivity index (χ4v) is 5.25. The van der Waals surface area contributed by atoms with Gasteiger partial charge in [0.15, 0.2) is 0 Å². The van der Waals surface area contributed by atoms with E-state index in [-0.39, 0.29) is 12.1 Å². The van der Waals surface area contributed by atoms with Crippen LogP contribution < -0.4 is 20.9 Å². The molecule has 184 valence electrons. The van der Waals surface area contributed by atoms with Crippen molar-refractivity contribution in [2.24, 2.45) is 0 Å². The van der Waals surface area contributed by atoms with E-state index in [9.17, 15) is 4.79 Å². The number of carbonyl (C=O) groups is 1. The van der Waals surface area contributed by atoms with Crippen molar-refractivity contribution in [3.63, 3.8) is 0 Å². The van der Waals surface area contributed by atoms with Gasteiger partial charge >= 0.3 is 6.03 Å². The molecule has 34 heavy (non-hydrogen) atoms. The van der Waals surface area contributed by atoms with Crippen molar-refractivity contribution in [3.05, 3.63) is 40.6 Å². The Kier molecular flexibility index (Phi) is 7.59. The molecule has 1 aromatic carbocycles. The molecule has 1 heterocycles. The number of fused-ring (bicyclic) bond motifs is 1. The number of urea groups is 1. The van der Waals surface area contributed by atoms with E-state index in [4.69, 9.17) is 9.97 Å². The molecular weight excluding hydrogens is 424 g/mol. The van der Waals surface area contributed by atoms with Gasteiger partial charge in [0, 0.05) is 37.4 Å². The Labute approximate surface area is 204 Å². The molecule has 2 amide bonds. The number of benzene rings is 1. The van der Waals surface area contributed by atoms with Gasteiger partial charge in [-0.05, 0) is 75.3 Å². The number of nitrogens with zero attached hydrogens (tertiary/aromatic N) is 3. The van der Waals surface area contributed by atoms with Crippen LogP contribution in [0.15, 0.2) is 18.2 Å². The van der Waals surface area contributed by atoms with Crippen molar-refractivity contribution in [1.82, 2.24) is 15.3 Å². The van der Waals surface area contributed by atoms with Crippen LogP contribution in [0.5, 0.6) is 0 Å². The molecule has 0 atom stereocenters. The summed E-state index contributed by atoms with van der Waals surface area (Å²) in [5.41, 5.74) is 5.72. The lowest BCUT2D eigenvalue weighted by Crippen LogP contribution is -2.42. The van der Waals surface area contributed by atoms with Crippen LogP contribution in [0.25, 0.3) is 0 Å². The smallest absolute Gasteiger partial charge is 0.319 e. The number of aromatic nitrogens is 2. The second kappa shape index (κ2) is 10.6. The van der Waals surface area contributed by atoms with Crippen LogP contribution in [-0.4, -0.2) is 42.2 Å². The van der Waals surface area contributed by atoms with Gasteiger partial charge in [-0.1, -0.05) is 32.0 Å². The van der Waals surface area contributed by atoms with Gasteiger partial charge in [-0.25, -0.2) is 9.78 Å². The Morgan fingerprint density at radius 3 is 2.44 bits per heavy atom. The SMILES string of the molecule is Cc1cccc(C(C)C)c1NC(=O)NC1CCC(Nc2nc3c(c(N(C)C)n2)CCCC3)CC1. The van der Waals surface area contributed by atoms with Gasteiger partial charge < -0.3 is 20.9 Å². The number of anilines is 3. The number of para-hydroxylation sites is 1. The molecule has 0 aliphatic heterocycles. The van der Waals surface area contributed by atoms with Crippen LogP contribution in [0.1, 0.15) is 80.7 Å². The van der Waals surface area contributed by atoms with Gasteiger partial charge in [0.05, 0.1) is 5.69 Å². The number of nitrogens with one attached hydrogen (secondary N) is 3. The molecule has 0 radical (unpaired) electrons. The first-order valence-corrected chi connectivity index (χ1v) is 12.8. The minimum absolute atomic E-state index is 0.110. The van der Waals surface area contributed by atoms with Crippen molar-refractivity contribution in [2.75, 3.05) is 29.6 Å². The van der Waals surface area contributed by atoms with Crippen molar-refractivity contribution in [3.8, 4) is 0 Å². The Balaban J connectivity index is 1.32. The number of amides is 2. The maximum Gasteiger partial charge on any atom is 0.319 e. The molecule has 0 saturated heterocycles. The third kappa shape index (κ3) is 5.62. The van der Waals surface area contributed by atoms with Crippen molar-refractivity contribution < 1.29 is 4.79 Å². The number of rotatable bonds is 6. The molecule has 7 nitrogen and oxygen atoms in total. The molecule has 1 saturated carbocycles. The van der Waals surface area contributed by atoms with Crippen LogP contribution in [0.3, 0.4) is 0 Å². The van der Waals surface area contributed by atoms with Crippen molar-refractivity contribution >= 4 is 23.5 Å². The van der Waals surface area contributed by atoms with E-state index in [1.165, 1.54) is 29.7 Å². The molecule has 2 aromatic rings. The topological polar surface area (TPSA) is 82.2 Å². The summed E-state index contributed by atoms with van der Waals surface area (Å²) >= 11 is 0. The maximum absolute atomic E-state index is 12.8. The Bertz CT molecular complexity index is 1010. The van der Waals surface area contributed by atoms with E-state index in [2.05, 4.69) is 60.9 Å². The quantitative estimate of drug-likeness (QED) is 0.533. The minimum atomic E-state index is -0.110. The lowest BCUT2D eigenvalue weighted by Gasteiger charge is -2.30. The van der Waals surface area contributed by atoms with Crippen LogP contribution in [0.2, 0.25) is 0 Å². The summed E-state index contributed by atoms with van der Waals surface area (Å²) in [6.45, 7) is 6.35. The molecule has 4 rings (SSSR count). The predicted octanol–water partition coefficient (Wildman–Crippen LogP) is 5.40. The monoisotopic (exact) mass is 464 g/mol. The highest BCUT2D eigenvalue weighted by Gasteiger charge is 2.25. The standard InChI is InChI=1S/C27H40N6O/c1-17(2)21-11-8-9-18(3)24(21)31-27(34)29-20-15-13-19(14-16-20)28-26-30-23-12-7-6-10-22(23)25(32-26)33(4)5/h8-9,11,17,19-20H,6-7,10,12-16H2,1-5H3,(H,28,30,32)(H2,29,31,34). The summed E-state index contributed by atoms with van der Waals surface area (Å²) < 4.78 is 0. The van der Waals surface area contributed by atoms with Crippen LogP contribution in [0, 0.1) is 6.92 Å². The summed E-state index contributed by atoms with van der Waals surface area (Å²) in [5, 5.41) is 9.90. The molecular formula is C27H40N6O. The normalized spacial score (nSPS) is 19.9. The molecule has 0 bridgehead atoms. The van der Waals surface area contributed by atoms with Crippen molar-refractivity contribution in [2.45, 2.75) is 90.1 Å². The molecule has 0 spiro atoms. The van der Waals surface area contributed by atoms with Gasteiger partial charge in [-0.15, -0.1) is 0 Å². The van der Waals surface area contributed by atoms with E-state index in [1.807, 2.05) is 13.0 Å². The fraction of sp³-hybridized carbons (Fsp3) is 0.593. The predicted molar refractivity (Wildman–Crippen MR) is 140 cm³/mol. The van der Waals surface area contributed by atoms with E-state index in [1.54, 1.807) is 0 Å². The Morgan fingerprint density at radius 2 is 1.74 bits per heavy atom. The van der Waals surface area contributed by atoms with E-state index >= 15 is 0 Å². The van der Waals surface area contributed by atoms with E-state index < -0.39 is 0 Å². The zero-order valence-electron chi connectivity index (χ0n) is 21.4. The summed E-state index contributed by atoms with van der Waals surface area (Å²) in [6, 6.07) is 6.60. The third-order valence-corrected chi connectivity index (χ3v) is 7.15. The van der Waals surface area contributed by atoms with Gasteiger partial charge in [0.1, 0.15) is 5.82 Å². The van der Waals surface area contributed by atoms with Crippen LogP contribution in [-0.2, 0) is 12.8 Å². The van der Waals surface area contributed by atoms with Crippen LogP contribution >= 0.6 is 0 Å². The fourth-order valence-electron chi connectivity index (χ4n) is 5.25. The highest BCUT2D eigenvalue weighted by molar-refractivity contribution is 5.91. The Morgan fingerprint density at radius 1 is 1.03 bits per heavy atom. The summed E-state index contributed by atoms with van der Waals surface area (Å²) in [4.78, 5) is 24.6. The second-order valence-corrected chi connectivity index (χ2v) is 10.4. The van der Waals surface area contributed by atoms with E-state index in [0.29, 0.717) is 12.0 Å². The zero-order valence-corrected chi connectivity index (χ0v) is 21.4. The highest BCUT2D eigenvalue weighted by atomic mass is 16.2. The number of aryl methyl sites for hydroxylation is 2. The highest BCUT2D eigenvalue weighted by Crippen LogP contribution is 2.30. The minimum Gasteiger partial charge on any atom is -0.362 e. The Hall–Kier alpha value is -2.83. The summed E-state index contributed by atoms with van der Waals surface area (Å²) in [5.74, 6) is 2.16. The second-order valence-electron chi connectivity index (χ2n) is 10.4. The molecule has 1 fully saturated rings. The molecule has 1 aromatic heterocycles. The first kappa shape index (κ1) is 24.3. The first-order chi connectivity index (χ1) is 16.3. The average molecular weight is 465 g/mol. The average Bonchev–Trinajstić information content (AvgIpc) is 2.81. The van der Waals surface area contributed by atoms with Gasteiger partial charge in [-0.2, -0.15) is 4.98 Å². The number of hydrogen-bond acceptors (Lipinski definition) is 5. The lowest BCUT2D eigenvalue weighted by molar-refractivity contribution is 0.243. The molecule has 7 heteroatoms. The number of hydrogen-bond donors (Lipinski definition) is 3. The molecule has 2 aliphatic carbocycles. The van der Waals surface area contributed by atoms with Gasteiger partial charge in [-0.3, -0.25) is 0 Å². The van der Waals surface area contributed by atoms with Crippen LogP contribution in [0.4, 0.5) is 22.2 Å². The van der Waals surface area contributed by atoms with E-state index in [0.717, 1.165) is 61.5 Å². The van der Waals surface area contributed by atoms with Crippen molar-refractivity contribution in [1.29, 1.82) is 0 Å². The molecule has 0 unspecified atom stereocenters.